The molecule has 2 aliphatic rings. The van der Waals surface area contributed by atoms with E-state index in [0.717, 1.165) is 51.2 Å². The van der Waals surface area contributed by atoms with Crippen LogP contribution in [0.1, 0.15) is 30.4 Å². The molecule has 4 heteroatoms. The fourth-order valence-electron chi connectivity index (χ4n) is 2.91. The number of aryl methyl sites for hydroxylation is 1. The minimum absolute atomic E-state index is 0.0518. The smallest absolute Gasteiger partial charge is 0.257 e. The molecule has 0 aromatic heterocycles. The normalized spacial score (nSPS) is 17.8. The van der Waals surface area contributed by atoms with Crippen molar-refractivity contribution in [3.05, 3.63) is 35.4 Å². The van der Waals surface area contributed by atoms with Gasteiger partial charge < -0.3 is 14.8 Å². The molecule has 1 N–H and O–H groups in total. The Morgan fingerprint density at radius 3 is 3.05 bits per heavy atom. The van der Waals surface area contributed by atoms with Crippen LogP contribution < -0.4 is 10.1 Å². The second kappa shape index (κ2) is 7.45. The van der Waals surface area contributed by atoms with Gasteiger partial charge in [0.1, 0.15) is 5.75 Å². The molecular weight excluding hydrogens is 278 g/mol. The first-order chi connectivity index (χ1) is 10.8. The first-order valence-corrected chi connectivity index (χ1v) is 8.08. The Bertz CT molecular complexity index is 547. The van der Waals surface area contributed by atoms with Crippen molar-refractivity contribution in [1.29, 1.82) is 0 Å². The predicted molar refractivity (Wildman–Crippen MR) is 85.8 cm³/mol. The molecule has 0 spiro atoms. The van der Waals surface area contributed by atoms with E-state index in [4.69, 9.17) is 9.47 Å². The highest BCUT2D eigenvalue weighted by Crippen LogP contribution is 2.23. The summed E-state index contributed by atoms with van der Waals surface area (Å²) in [6.07, 6.45) is 8.50. The molecule has 4 nitrogen and oxygen atoms in total. The Hall–Kier alpha value is -1.81. The third-order valence-corrected chi connectivity index (χ3v) is 4.29. The summed E-state index contributed by atoms with van der Waals surface area (Å²) in [6.45, 7) is 2.42. The molecule has 0 atom stereocenters. The van der Waals surface area contributed by atoms with E-state index in [0.29, 0.717) is 5.92 Å². The number of hydrogen-bond donors (Lipinski definition) is 1. The number of amides is 1. The van der Waals surface area contributed by atoms with Gasteiger partial charge in [-0.05, 0) is 54.9 Å². The van der Waals surface area contributed by atoms with Crippen LogP contribution in [0.3, 0.4) is 0 Å². The molecule has 1 aromatic carbocycles. The van der Waals surface area contributed by atoms with Gasteiger partial charge in [-0.1, -0.05) is 18.2 Å². The standard InChI is InChI=1S/C18H23NO3/c20-18(19-12-14-7-9-21-10-8-14)13-22-17-6-5-15-3-1-2-4-16(15)11-17/h1,3,5-6,11,14H,2,4,7-10,12-13H2,(H,19,20). The molecule has 1 aromatic rings. The number of fused-ring (bicyclic) bond motifs is 1. The lowest BCUT2D eigenvalue weighted by Crippen LogP contribution is -2.35. The summed E-state index contributed by atoms with van der Waals surface area (Å²) in [4.78, 5) is 11.9. The monoisotopic (exact) mass is 301 g/mol. The molecule has 1 fully saturated rings. The highest BCUT2D eigenvalue weighted by Gasteiger charge is 2.15. The molecule has 22 heavy (non-hydrogen) atoms. The largest absolute Gasteiger partial charge is 0.484 e. The van der Waals surface area contributed by atoms with Gasteiger partial charge in [0.05, 0.1) is 0 Å². The van der Waals surface area contributed by atoms with E-state index in [9.17, 15) is 4.79 Å². The van der Waals surface area contributed by atoms with Crippen LogP contribution in [0.15, 0.2) is 24.3 Å². The zero-order valence-corrected chi connectivity index (χ0v) is 12.8. The molecule has 1 heterocycles. The SMILES string of the molecule is O=C(COc1ccc2c(c1)CCC=C2)NCC1CCOCC1. The van der Waals surface area contributed by atoms with Crippen LogP contribution in [0.5, 0.6) is 5.75 Å². The number of nitrogens with one attached hydrogen (secondary N) is 1. The third-order valence-electron chi connectivity index (χ3n) is 4.29. The molecule has 3 rings (SSSR count). The van der Waals surface area contributed by atoms with Crippen LogP contribution in [-0.4, -0.2) is 32.3 Å². The Labute approximate surface area is 131 Å². The van der Waals surface area contributed by atoms with E-state index in [-0.39, 0.29) is 12.5 Å². The van der Waals surface area contributed by atoms with Crippen molar-refractivity contribution in [3.8, 4) is 5.75 Å². The van der Waals surface area contributed by atoms with Crippen molar-refractivity contribution in [3.63, 3.8) is 0 Å². The van der Waals surface area contributed by atoms with Gasteiger partial charge in [0.2, 0.25) is 0 Å². The van der Waals surface area contributed by atoms with E-state index in [1.54, 1.807) is 0 Å². The maximum absolute atomic E-state index is 11.9. The summed E-state index contributed by atoms with van der Waals surface area (Å²) in [5.74, 6) is 1.26. The first-order valence-electron chi connectivity index (χ1n) is 8.08. The minimum atomic E-state index is -0.0518. The lowest BCUT2D eigenvalue weighted by atomic mass is 9.97. The van der Waals surface area contributed by atoms with Gasteiger partial charge >= 0.3 is 0 Å². The van der Waals surface area contributed by atoms with E-state index < -0.39 is 0 Å². The summed E-state index contributed by atoms with van der Waals surface area (Å²) in [5.41, 5.74) is 2.55. The van der Waals surface area contributed by atoms with Crippen LogP contribution in [0.25, 0.3) is 6.08 Å². The third kappa shape index (κ3) is 4.10. The number of ether oxygens (including phenoxy) is 2. The van der Waals surface area contributed by atoms with Gasteiger partial charge in [-0.15, -0.1) is 0 Å². The average molecular weight is 301 g/mol. The van der Waals surface area contributed by atoms with Crippen LogP contribution >= 0.6 is 0 Å². The molecule has 1 amide bonds. The van der Waals surface area contributed by atoms with Gasteiger partial charge in [-0.2, -0.15) is 0 Å². The number of rotatable bonds is 5. The molecule has 1 saturated heterocycles. The molecular formula is C18H23NO3. The average Bonchev–Trinajstić information content (AvgIpc) is 2.59. The van der Waals surface area contributed by atoms with Crippen molar-refractivity contribution >= 4 is 12.0 Å². The quantitative estimate of drug-likeness (QED) is 0.909. The lowest BCUT2D eigenvalue weighted by molar-refractivity contribution is -0.123. The van der Waals surface area contributed by atoms with Crippen molar-refractivity contribution in [2.75, 3.05) is 26.4 Å². The van der Waals surface area contributed by atoms with E-state index in [1.807, 2.05) is 12.1 Å². The Morgan fingerprint density at radius 2 is 2.18 bits per heavy atom. The molecule has 0 saturated carbocycles. The fourth-order valence-corrected chi connectivity index (χ4v) is 2.91. The van der Waals surface area contributed by atoms with Gasteiger partial charge in [0.15, 0.2) is 6.61 Å². The van der Waals surface area contributed by atoms with Crippen molar-refractivity contribution in [1.82, 2.24) is 5.32 Å². The highest BCUT2D eigenvalue weighted by molar-refractivity contribution is 5.77. The minimum Gasteiger partial charge on any atom is -0.484 e. The topological polar surface area (TPSA) is 47.6 Å². The maximum Gasteiger partial charge on any atom is 0.257 e. The highest BCUT2D eigenvalue weighted by atomic mass is 16.5. The van der Waals surface area contributed by atoms with E-state index in [2.05, 4.69) is 23.5 Å². The van der Waals surface area contributed by atoms with Crippen molar-refractivity contribution in [2.24, 2.45) is 5.92 Å². The molecule has 0 bridgehead atoms. The summed E-state index contributed by atoms with van der Waals surface area (Å²) >= 11 is 0. The Balaban J connectivity index is 1.43. The zero-order chi connectivity index (χ0) is 15.2. The molecule has 0 radical (unpaired) electrons. The summed E-state index contributed by atoms with van der Waals surface area (Å²) in [5, 5.41) is 2.95. The van der Waals surface area contributed by atoms with E-state index >= 15 is 0 Å². The van der Waals surface area contributed by atoms with Gasteiger partial charge in [-0.25, -0.2) is 0 Å². The van der Waals surface area contributed by atoms with Crippen LogP contribution in [0.2, 0.25) is 0 Å². The van der Waals surface area contributed by atoms with Gasteiger partial charge in [-0.3, -0.25) is 4.79 Å². The van der Waals surface area contributed by atoms with Crippen LogP contribution in [0.4, 0.5) is 0 Å². The number of carbonyl (C=O) groups is 1. The maximum atomic E-state index is 11.9. The summed E-state index contributed by atoms with van der Waals surface area (Å²) in [6, 6.07) is 6.03. The summed E-state index contributed by atoms with van der Waals surface area (Å²) < 4.78 is 10.9. The lowest BCUT2D eigenvalue weighted by Gasteiger charge is -2.22. The number of benzene rings is 1. The zero-order valence-electron chi connectivity index (χ0n) is 12.8. The molecule has 1 aliphatic heterocycles. The second-order valence-electron chi connectivity index (χ2n) is 5.95. The number of hydrogen-bond acceptors (Lipinski definition) is 3. The number of carbonyl (C=O) groups excluding carboxylic acids is 1. The molecule has 118 valence electrons. The Morgan fingerprint density at radius 1 is 1.32 bits per heavy atom. The summed E-state index contributed by atoms with van der Waals surface area (Å²) in [7, 11) is 0. The van der Waals surface area contributed by atoms with Crippen molar-refractivity contribution < 1.29 is 14.3 Å². The fraction of sp³-hybridized carbons (Fsp3) is 0.500. The first kappa shape index (κ1) is 15.1. The van der Waals surface area contributed by atoms with Crippen LogP contribution in [0, 0.1) is 5.92 Å². The van der Waals surface area contributed by atoms with Crippen LogP contribution in [-0.2, 0) is 16.0 Å². The van der Waals surface area contributed by atoms with E-state index in [1.165, 1.54) is 11.1 Å². The Kier molecular flexibility index (Phi) is 5.11. The second-order valence-corrected chi connectivity index (χ2v) is 5.95. The van der Waals surface area contributed by atoms with Gasteiger partial charge in [0.25, 0.3) is 5.91 Å². The van der Waals surface area contributed by atoms with Gasteiger partial charge in [0, 0.05) is 19.8 Å². The predicted octanol–water partition coefficient (Wildman–Crippen LogP) is 2.57. The molecule has 0 unspecified atom stereocenters. The van der Waals surface area contributed by atoms with Crippen molar-refractivity contribution in [2.45, 2.75) is 25.7 Å². The molecule has 1 aliphatic carbocycles. The number of allylic oxidation sites excluding steroid dienone is 1.